The molecule has 9 heteroatoms. The minimum atomic E-state index is -0.381. The zero-order valence-corrected chi connectivity index (χ0v) is 15.0. The Labute approximate surface area is 158 Å². The lowest BCUT2D eigenvalue weighted by molar-refractivity contribution is 0.624. The Kier molecular flexibility index (Phi) is 5.47. The van der Waals surface area contributed by atoms with Crippen LogP contribution >= 0.6 is 35.4 Å². The minimum Gasteiger partial charge on any atom is -0.332 e. The molecule has 0 radical (unpaired) electrons. The van der Waals surface area contributed by atoms with Crippen molar-refractivity contribution in [3.63, 3.8) is 0 Å². The minimum absolute atomic E-state index is 0.338. The molecule has 0 atom stereocenters. The Balaban J connectivity index is 1.61. The van der Waals surface area contributed by atoms with Crippen LogP contribution in [0.3, 0.4) is 0 Å². The fourth-order valence-corrected chi connectivity index (χ4v) is 2.61. The number of rotatable bonds is 4. The number of nitrogens with zero attached hydrogens (tertiary/aromatic N) is 3. The van der Waals surface area contributed by atoms with E-state index in [1.807, 2.05) is 0 Å². The van der Waals surface area contributed by atoms with Crippen molar-refractivity contribution >= 4 is 52.2 Å². The molecule has 0 spiro atoms. The van der Waals surface area contributed by atoms with E-state index in [9.17, 15) is 4.39 Å². The summed E-state index contributed by atoms with van der Waals surface area (Å²) in [5.41, 5.74) is 1.53. The second-order valence-electron chi connectivity index (χ2n) is 5.09. The number of anilines is 2. The third-order valence-corrected chi connectivity index (χ3v) is 4.02. The summed E-state index contributed by atoms with van der Waals surface area (Å²) >= 11 is 17.1. The Hall–Kier alpha value is -2.22. The van der Waals surface area contributed by atoms with E-state index in [0.29, 0.717) is 27.7 Å². The van der Waals surface area contributed by atoms with Gasteiger partial charge in [-0.3, -0.25) is 5.32 Å². The van der Waals surface area contributed by atoms with E-state index in [4.69, 9.17) is 35.4 Å². The molecule has 2 N–H and O–H groups in total. The van der Waals surface area contributed by atoms with Crippen molar-refractivity contribution in [1.29, 1.82) is 0 Å². The van der Waals surface area contributed by atoms with Gasteiger partial charge in [-0.1, -0.05) is 29.3 Å². The van der Waals surface area contributed by atoms with Crippen LogP contribution < -0.4 is 10.6 Å². The van der Waals surface area contributed by atoms with Gasteiger partial charge in [-0.2, -0.15) is 0 Å². The first-order valence-electron chi connectivity index (χ1n) is 7.16. The summed E-state index contributed by atoms with van der Waals surface area (Å²) in [7, 11) is 0. The fraction of sp³-hybridized carbons (Fsp3) is 0.0625. The van der Waals surface area contributed by atoms with Gasteiger partial charge in [0.2, 0.25) is 5.95 Å². The van der Waals surface area contributed by atoms with Crippen molar-refractivity contribution in [2.24, 2.45) is 0 Å². The molecule has 0 bridgehead atoms. The predicted octanol–water partition coefficient (Wildman–Crippen LogP) is 4.58. The largest absolute Gasteiger partial charge is 0.332 e. The summed E-state index contributed by atoms with van der Waals surface area (Å²) in [6.07, 6.45) is 1.53. The molecule has 5 nitrogen and oxygen atoms in total. The quantitative estimate of drug-likeness (QED) is 0.633. The molecular formula is C16H12Cl2FN5S. The van der Waals surface area contributed by atoms with E-state index in [1.54, 1.807) is 35.0 Å². The Morgan fingerprint density at radius 1 is 1.12 bits per heavy atom. The lowest BCUT2D eigenvalue weighted by atomic mass is 10.2. The van der Waals surface area contributed by atoms with Crippen LogP contribution in [-0.4, -0.2) is 19.9 Å². The summed E-state index contributed by atoms with van der Waals surface area (Å²) in [4.78, 5) is 4.13. The van der Waals surface area contributed by atoms with Crippen LogP contribution in [0.2, 0.25) is 10.0 Å². The van der Waals surface area contributed by atoms with E-state index < -0.39 is 0 Å². The van der Waals surface area contributed by atoms with Crippen molar-refractivity contribution < 1.29 is 4.39 Å². The van der Waals surface area contributed by atoms with Crippen LogP contribution in [0.25, 0.3) is 0 Å². The van der Waals surface area contributed by atoms with Crippen molar-refractivity contribution in [2.45, 2.75) is 6.54 Å². The summed E-state index contributed by atoms with van der Waals surface area (Å²) in [6.45, 7) is 0.366. The average Bonchev–Trinajstić information content (AvgIpc) is 2.99. The first kappa shape index (κ1) is 17.6. The van der Waals surface area contributed by atoms with Crippen LogP contribution in [0.15, 0.2) is 48.8 Å². The maximum Gasteiger partial charge on any atom is 0.248 e. The molecule has 0 aliphatic heterocycles. The third-order valence-electron chi connectivity index (χ3n) is 3.21. The average molecular weight is 396 g/mol. The van der Waals surface area contributed by atoms with Crippen LogP contribution in [0.1, 0.15) is 5.56 Å². The van der Waals surface area contributed by atoms with E-state index in [-0.39, 0.29) is 5.82 Å². The summed E-state index contributed by atoms with van der Waals surface area (Å²) in [5.74, 6) is -0.0435. The standard InChI is InChI=1S/C16H12Cl2FN5S/c17-11-2-5-13(6-3-11)21-16(25)22-15-20-9-24(23-15)8-10-1-4-12(19)7-14(10)18/h1-7,9H,8H2,(H2,21,22,23,25). The molecule has 1 aromatic heterocycles. The smallest absolute Gasteiger partial charge is 0.248 e. The molecule has 128 valence electrons. The molecule has 0 unspecified atom stereocenters. The van der Waals surface area contributed by atoms with Crippen LogP contribution in [-0.2, 0) is 6.54 Å². The van der Waals surface area contributed by atoms with Gasteiger partial charge in [-0.15, -0.1) is 5.10 Å². The Morgan fingerprint density at radius 2 is 1.88 bits per heavy atom. The van der Waals surface area contributed by atoms with Gasteiger partial charge < -0.3 is 5.32 Å². The van der Waals surface area contributed by atoms with Gasteiger partial charge in [0.05, 0.1) is 6.54 Å². The maximum atomic E-state index is 13.1. The van der Waals surface area contributed by atoms with Gasteiger partial charge in [0.15, 0.2) is 5.11 Å². The molecule has 0 aliphatic carbocycles. The zero-order chi connectivity index (χ0) is 17.8. The van der Waals surface area contributed by atoms with Gasteiger partial charge >= 0.3 is 0 Å². The summed E-state index contributed by atoms with van der Waals surface area (Å²) in [5, 5.41) is 11.5. The van der Waals surface area contributed by atoms with Crippen LogP contribution in [0, 0.1) is 5.82 Å². The van der Waals surface area contributed by atoms with Gasteiger partial charge in [-0.05, 0) is 54.2 Å². The summed E-state index contributed by atoms with van der Waals surface area (Å²) < 4.78 is 14.7. The van der Waals surface area contributed by atoms with E-state index >= 15 is 0 Å². The number of aromatic nitrogens is 3. The van der Waals surface area contributed by atoms with E-state index in [2.05, 4.69) is 20.7 Å². The molecule has 2 aromatic carbocycles. The number of benzene rings is 2. The lowest BCUT2D eigenvalue weighted by Crippen LogP contribution is -2.20. The second kappa shape index (κ2) is 7.77. The first-order valence-corrected chi connectivity index (χ1v) is 8.33. The molecule has 1 heterocycles. The number of hydrogen-bond acceptors (Lipinski definition) is 3. The van der Waals surface area contributed by atoms with Crippen molar-refractivity contribution in [3.05, 3.63) is 70.2 Å². The molecule has 0 saturated heterocycles. The van der Waals surface area contributed by atoms with Gasteiger partial charge in [0.1, 0.15) is 12.1 Å². The highest BCUT2D eigenvalue weighted by molar-refractivity contribution is 7.80. The maximum absolute atomic E-state index is 13.1. The molecule has 0 saturated carbocycles. The molecule has 0 amide bonds. The zero-order valence-electron chi connectivity index (χ0n) is 12.7. The monoisotopic (exact) mass is 395 g/mol. The number of nitrogens with one attached hydrogen (secondary N) is 2. The highest BCUT2D eigenvalue weighted by atomic mass is 35.5. The third kappa shape index (κ3) is 4.88. The molecule has 25 heavy (non-hydrogen) atoms. The van der Waals surface area contributed by atoms with Gasteiger partial charge in [0.25, 0.3) is 0 Å². The Morgan fingerprint density at radius 3 is 2.60 bits per heavy atom. The van der Waals surface area contributed by atoms with Crippen molar-refractivity contribution in [3.8, 4) is 0 Å². The highest BCUT2D eigenvalue weighted by Gasteiger charge is 2.07. The van der Waals surface area contributed by atoms with E-state index in [0.717, 1.165) is 11.3 Å². The van der Waals surface area contributed by atoms with Crippen LogP contribution in [0.4, 0.5) is 16.0 Å². The van der Waals surface area contributed by atoms with Crippen molar-refractivity contribution in [2.75, 3.05) is 10.6 Å². The highest BCUT2D eigenvalue weighted by Crippen LogP contribution is 2.18. The Bertz CT molecular complexity index is 898. The van der Waals surface area contributed by atoms with E-state index in [1.165, 1.54) is 18.5 Å². The first-order chi connectivity index (χ1) is 12.0. The topological polar surface area (TPSA) is 54.8 Å². The normalized spacial score (nSPS) is 10.5. The molecule has 3 rings (SSSR count). The van der Waals surface area contributed by atoms with Crippen LogP contribution in [0.5, 0.6) is 0 Å². The number of thiocarbonyl (C=S) groups is 1. The molecular weight excluding hydrogens is 384 g/mol. The number of hydrogen-bond donors (Lipinski definition) is 2. The predicted molar refractivity (Wildman–Crippen MR) is 102 cm³/mol. The molecule has 3 aromatic rings. The SMILES string of the molecule is Fc1ccc(Cn2cnc(NC(=S)Nc3ccc(Cl)cc3)n2)c(Cl)c1. The molecule has 0 aliphatic rings. The van der Waals surface area contributed by atoms with Gasteiger partial charge in [0, 0.05) is 15.7 Å². The second-order valence-corrected chi connectivity index (χ2v) is 6.34. The molecule has 0 fully saturated rings. The van der Waals surface area contributed by atoms with Crippen molar-refractivity contribution in [1.82, 2.24) is 14.8 Å². The lowest BCUT2D eigenvalue weighted by Gasteiger charge is -2.08. The fourth-order valence-electron chi connectivity index (χ4n) is 2.05. The summed E-state index contributed by atoms with van der Waals surface area (Å²) in [6, 6.07) is 11.3. The van der Waals surface area contributed by atoms with Gasteiger partial charge in [-0.25, -0.2) is 14.1 Å². The number of halogens is 3.